The lowest BCUT2D eigenvalue weighted by Crippen LogP contribution is -2.54. The van der Waals surface area contributed by atoms with Crippen LogP contribution in [0.4, 0.5) is 11.4 Å². The van der Waals surface area contributed by atoms with Crippen LogP contribution in [0.2, 0.25) is 0 Å². The van der Waals surface area contributed by atoms with E-state index in [2.05, 4.69) is 17.0 Å². The average Bonchev–Trinajstić information content (AvgIpc) is 2.93. The van der Waals surface area contributed by atoms with Crippen LogP contribution in [0.25, 0.3) is 0 Å². The first kappa shape index (κ1) is 22.3. The quantitative estimate of drug-likeness (QED) is 0.419. The molecule has 3 aliphatic heterocycles. The number of anilines is 1. The smallest absolute Gasteiger partial charge is 0.269 e. The first-order chi connectivity index (χ1) is 17.5. The number of rotatable bonds is 3. The fourth-order valence-corrected chi connectivity index (χ4v) is 5.91. The molecular formula is C28H26N4O4. The van der Waals surface area contributed by atoms with Crippen LogP contribution in [0.15, 0.2) is 72.8 Å². The number of hydrogen-bond donors (Lipinski definition) is 0. The number of nitrogens with zero attached hydrogens (tertiary/aromatic N) is 4. The van der Waals surface area contributed by atoms with E-state index < -0.39 is 10.8 Å². The monoisotopic (exact) mass is 482 g/mol. The summed E-state index contributed by atoms with van der Waals surface area (Å²) >= 11 is 0. The second-order valence-corrected chi connectivity index (χ2v) is 9.54. The van der Waals surface area contributed by atoms with Gasteiger partial charge in [-0.05, 0) is 41.3 Å². The van der Waals surface area contributed by atoms with Gasteiger partial charge in [-0.3, -0.25) is 19.7 Å². The summed E-state index contributed by atoms with van der Waals surface area (Å²) in [7, 11) is 0. The summed E-state index contributed by atoms with van der Waals surface area (Å²) in [5.74, 6) is -0.409. The van der Waals surface area contributed by atoms with Crippen LogP contribution in [0.3, 0.4) is 0 Å². The summed E-state index contributed by atoms with van der Waals surface area (Å²) in [4.78, 5) is 44.1. The third-order valence-electron chi connectivity index (χ3n) is 7.72. The number of hydrogen-bond acceptors (Lipinski definition) is 5. The lowest BCUT2D eigenvalue weighted by atomic mass is 9.75. The second kappa shape index (κ2) is 8.78. The number of nitro benzene ring substituents is 1. The second-order valence-electron chi connectivity index (χ2n) is 9.54. The predicted molar refractivity (Wildman–Crippen MR) is 135 cm³/mol. The van der Waals surface area contributed by atoms with E-state index in [0.717, 1.165) is 23.2 Å². The topological polar surface area (TPSA) is 87.0 Å². The van der Waals surface area contributed by atoms with Gasteiger partial charge in [0.05, 0.1) is 16.9 Å². The number of nitro groups is 1. The highest BCUT2D eigenvalue weighted by Gasteiger charge is 2.47. The van der Waals surface area contributed by atoms with Crippen LogP contribution in [-0.4, -0.2) is 59.3 Å². The van der Waals surface area contributed by atoms with Gasteiger partial charge in [-0.2, -0.15) is 0 Å². The third kappa shape index (κ3) is 3.61. The molecule has 0 saturated carbocycles. The maximum Gasteiger partial charge on any atom is 0.269 e. The van der Waals surface area contributed by atoms with Crippen LogP contribution < -0.4 is 4.90 Å². The summed E-state index contributed by atoms with van der Waals surface area (Å²) in [5, 5.41) is 11.0. The number of carbonyl (C=O) groups excluding carboxylic acids is 2. The molecule has 0 N–H and O–H groups in total. The first-order valence-corrected chi connectivity index (χ1v) is 12.3. The van der Waals surface area contributed by atoms with E-state index in [-0.39, 0.29) is 23.5 Å². The van der Waals surface area contributed by atoms with Crippen molar-refractivity contribution in [1.29, 1.82) is 0 Å². The van der Waals surface area contributed by atoms with Crippen molar-refractivity contribution >= 4 is 23.2 Å². The first-order valence-electron chi connectivity index (χ1n) is 12.3. The maximum absolute atomic E-state index is 14.1. The van der Waals surface area contributed by atoms with Crippen molar-refractivity contribution in [3.63, 3.8) is 0 Å². The zero-order valence-electron chi connectivity index (χ0n) is 19.7. The number of fused-ring (bicyclic) bond motifs is 4. The molecule has 0 unspecified atom stereocenters. The molecule has 3 aliphatic rings. The van der Waals surface area contributed by atoms with E-state index in [1.54, 1.807) is 12.1 Å². The molecule has 3 aromatic carbocycles. The highest BCUT2D eigenvalue weighted by Crippen LogP contribution is 2.46. The molecular weight excluding hydrogens is 456 g/mol. The summed E-state index contributed by atoms with van der Waals surface area (Å²) in [6.45, 7) is 2.99. The molecule has 8 heteroatoms. The molecule has 0 aromatic heterocycles. The SMILES string of the molecule is O=C([C@@H]1c2ccccc2C(=O)N2CCc3ccccc3[C@H]12)N1CCN(c2ccc([N+](=O)[O-])cc2)CC1. The summed E-state index contributed by atoms with van der Waals surface area (Å²) in [6, 6.07) is 21.9. The van der Waals surface area contributed by atoms with Gasteiger partial charge >= 0.3 is 0 Å². The Morgan fingerprint density at radius 3 is 2.22 bits per heavy atom. The molecule has 1 saturated heterocycles. The normalized spacial score (nSPS) is 20.9. The fourth-order valence-electron chi connectivity index (χ4n) is 5.91. The van der Waals surface area contributed by atoms with Crippen molar-refractivity contribution in [3.8, 4) is 0 Å². The van der Waals surface area contributed by atoms with E-state index in [1.165, 1.54) is 17.7 Å². The van der Waals surface area contributed by atoms with Crippen LogP contribution in [0, 0.1) is 10.1 Å². The Morgan fingerprint density at radius 1 is 0.833 bits per heavy atom. The van der Waals surface area contributed by atoms with Crippen LogP contribution in [-0.2, 0) is 11.2 Å². The van der Waals surface area contributed by atoms with Gasteiger partial charge in [-0.1, -0.05) is 42.5 Å². The Kier molecular flexibility index (Phi) is 5.44. The average molecular weight is 483 g/mol. The summed E-state index contributed by atoms with van der Waals surface area (Å²) < 4.78 is 0. The maximum atomic E-state index is 14.1. The molecule has 3 heterocycles. The van der Waals surface area contributed by atoms with Gasteiger partial charge in [0.2, 0.25) is 5.91 Å². The Morgan fingerprint density at radius 2 is 1.50 bits per heavy atom. The molecule has 0 aliphatic carbocycles. The largest absolute Gasteiger partial charge is 0.368 e. The van der Waals surface area contributed by atoms with E-state index >= 15 is 0 Å². The minimum atomic E-state index is -0.453. The van der Waals surface area contributed by atoms with Crippen molar-refractivity contribution in [2.45, 2.75) is 18.4 Å². The Hall–Kier alpha value is -4.20. The number of amides is 2. The molecule has 6 rings (SSSR count). The molecule has 2 atom stereocenters. The molecule has 2 amide bonds. The molecule has 0 radical (unpaired) electrons. The predicted octanol–water partition coefficient (Wildman–Crippen LogP) is 3.78. The zero-order chi connectivity index (χ0) is 24.8. The van der Waals surface area contributed by atoms with Gasteiger partial charge in [-0.15, -0.1) is 0 Å². The van der Waals surface area contributed by atoms with Crippen LogP contribution >= 0.6 is 0 Å². The van der Waals surface area contributed by atoms with E-state index in [4.69, 9.17) is 0 Å². The van der Waals surface area contributed by atoms with Crippen LogP contribution in [0.5, 0.6) is 0 Å². The lowest BCUT2D eigenvalue weighted by Gasteiger charge is -2.47. The molecule has 0 bridgehead atoms. The minimum absolute atomic E-state index is 0.00264. The summed E-state index contributed by atoms with van der Waals surface area (Å²) in [6.07, 6.45) is 0.787. The lowest BCUT2D eigenvalue weighted by molar-refractivity contribution is -0.384. The van der Waals surface area contributed by atoms with E-state index in [1.807, 2.05) is 46.2 Å². The van der Waals surface area contributed by atoms with Crippen molar-refractivity contribution in [3.05, 3.63) is 105 Å². The number of benzene rings is 3. The van der Waals surface area contributed by atoms with Gasteiger partial charge in [0, 0.05) is 56.1 Å². The zero-order valence-corrected chi connectivity index (χ0v) is 19.7. The number of piperazine rings is 1. The molecule has 182 valence electrons. The summed E-state index contributed by atoms with van der Waals surface area (Å²) in [5.41, 5.74) is 4.67. The molecule has 3 aromatic rings. The standard InChI is InChI=1S/C28H26N4O4/c33-27-24-8-4-3-7-23(24)25(26-22-6-2-1-5-19(22)13-14-31(26)27)28(34)30-17-15-29(16-18-30)20-9-11-21(12-10-20)32(35)36/h1-12,25-26H,13-18H2/t25-,26-/m1/s1. The number of carbonyl (C=O) groups is 2. The number of non-ortho nitro benzene ring substituents is 1. The highest BCUT2D eigenvalue weighted by molar-refractivity contribution is 6.01. The Balaban J connectivity index is 1.29. The van der Waals surface area contributed by atoms with Crippen molar-refractivity contribution in [2.75, 3.05) is 37.6 Å². The molecule has 36 heavy (non-hydrogen) atoms. The van der Waals surface area contributed by atoms with Gasteiger partial charge < -0.3 is 14.7 Å². The van der Waals surface area contributed by atoms with Gasteiger partial charge in [-0.25, -0.2) is 0 Å². The minimum Gasteiger partial charge on any atom is -0.368 e. The molecule has 0 spiro atoms. The van der Waals surface area contributed by atoms with Gasteiger partial charge in [0.15, 0.2) is 0 Å². The van der Waals surface area contributed by atoms with Crippen molar-refractivity contribution < 1.29 is 14.5 Å². The fraction of sp³-hybridized carbons (Fsp3) is 0.286. The third-order valence-corrected chi connectivity index (χ3v) is 7.72. The van der Waals surface area contributed by atoms with E-state index in [9.17, 15) is 19.7 Å². The van der Waals surface area contributed by atoms with Gasteiger partial charge in [0.25, 0.3) is 11.6 Å². The molecule has 1 fully saturated rings. The Bertz CT molecular complexity index is 1350. The van der Waals surface area contributed by atoms with Crippen LogP contribution in [0.1, 0.15) is 39.0 Å². The molecule has 8 nitrogen and oxygen atoms in total. The highest BCUT2D eigenvalue weighted by atomic mass is 16.6. The van der Waals surface area contributed by atoms with Gasteiger partial charge in [0.1, 0.15) is 0 Å². The van der Waals surface area contributed by atoms with Crippen molar-refractivity contribution in [2.24, 2.45) is 0 Å². The Labute approximate surface area is 208 Å². The van der Waals surface area contributed by atoms with E-state index in [0.29, 0.717) is 38.3 Å². The van der Waals surface area contributed by atoms with Crippen molar-refractivity contribution in [1.82, 2.24) is 9.80 Å².